The van der Waals surface area contributed by atoms with Gasteiger partial charge < -0.3 is 26.0 Å². The summed E-state index contributed by atoms with van der Waals surface area (Å²) in [5.41, 5.74) is 6.48. The number of ether oxygens (including phenoxy) is 1. The van der Waals surface area contributed by atoms with E-state index in [1.54, 1.807) is 49.2 Å². The van der Waals surface area contributed by atoms with Crippen LogP contribution < -0.4 is 16.4 Å². The van der Waals surface area contributed by atoms with Gasteiger partial charge in [0.2, 0.25) is 0 Å². The zero-order chi connectivity index (χ0) is 28.0. The van der Waals surface area contributed by atoms with Crippen molar-refractivity contribution in [3.05, 3.63) is 75.9 Å². The van der Waals surface area contributed by atoms with E-state index in [1.165, 1.54) is 12.3 Å². The molecule has 0 saturated carbocycles. The average Bonchev–Trinajstić information content (AvgIpc) is 2.87. The fourth-order valence-corrected chi connectivity index (χ4v) is 4.12. The first-order valence-corrected chi connectivity index (χ1v) is 12.5. The van der Waals surface area contributed by atoms with Crippen LogP contribution in [0.1, 0.15) is 36.2 Å². The Hall–Kier alpha value is -3.76. The summed E-state index contributed by atoms with van der Waals surface area (Å²) in [5.74, 6) is -1.79. The molecule has 202 valence electrons. The van der Waals surface area contributed by atoms with Gasteiger partial charge in [-0.05, 0) is 57.2 Å². The summed E-state index contributed by atoms with van der Waals surface area (Å²) in [4.78, 5) is 32.2. The highest BCUT2D eigenvalue weighted by Gasteiger charge is 2.36. The number of halogens is 2. The van der Waals surface area contributed by atoms with Crippen molar-refractivity contribution in [3.63, 3.8) is 0 Å². The van der Waals surface area contributed by atoms with Crippen LogP contribution in [0.2, 0.25) is 5.02 Å². The second kappa shape index (κ2) is 12.7. The van der Waals surface area contributed by atoms with E-state index in [1.807, 2.05) is 13.8 Å². The number of aromatic nitrogens is 1. The van der Waals surface area contributed by atoms with Crippen LogP contribution in [0.25, 0.3) is 0 Å². The summed E-state index contributed by atoms with van der Waals surface area (Å²) in [6.07, 6.45) is 3.22. The first-order chi connectivity index (χ1) is 18.0. The molecule has 0 saturated heterocycles. The van der Waals surface area contributed by atoms with E-state index < -0.39 is 29.6 Å². The molecular formula is C27H32ClFN6O3. The summed E-state index contributed by atoms with van der Waals surface area (Å²) in [7, 11) is 1.68. The number of benzene rings is 1. The second-order valence-electron chi connectivity index (χ2n) is 9.04. The summed E-state index contributed by atoms with van der Waals surface area (Å²) < 4.78 is 21.4. The minimum absolute atomic E-state index is 0.164. The van der Waals surface area contributed by atoms with Crippen LogP contribution in [0.3, 0.4) is 0 Å². The van der Waals surface area contributed by atoms with Crippen molar-refractivity contribution in [1.29, 1.82) is 5.41 Å². The van der Waals surface area contributed by atoms with Crippen molar-refractivity contribution < 1.29 is 18.7 Å². The number of nitrogens with zero attached hydrogens (tertiary/aromatic N) is 2. The maximum absolute atomic E-state index is 15.5. The zero-order valence-corrected chi connectivity index (χ0v) is 22.5. The molecule has 3 rings (SSSR count). The topological polar surface area (TPSA) is 133 Å². The Balaban J connectivity index is 1.94. The number of amides is 2. The summed E-state index contributed by atoms with van der Waals surface area (Å²) >= 11 is 5.87. The average molecular weight is 543 g/mol. The normalized spacial score (nSPS) is 17.0. The maximum Gasteiger partial charge on any atom is 0.262 e. The van der Waals surface area contributed by atoms with Gasteiger partial charge in [0.05, 0.1) is 34.8 Å². The van der Waals surface area contributed by atoms with E-state index in [0.717, 1.165) is 5.56 Å². The van der Waals surface area contributed by atoms with E-state index in [-0.39, 0.29) is 40.8 Å². The Morgan fingerprint density at radius 3 is 2.61 bits per heavy atom. The zero-order valence-electron chi connectivity index (χ0n) is 21.8. The Morgan fingerprint density at radius 2 is 1.97 bits per heavy atom. The van der Waals surface area contributed by atoms with Crippen LogP contribution in [-0.2, 0) is 9.53 Å². The number of rotatable bonds is 9. The van der Waals surface area contributed by atoms with E-state index in [2.05, 4.69) is 15.6 Å². The lowest BCUT2D eigenvalue weighted by atomic mass is 9.88. The third kappa shape index (κ3) is 6.76. The number of amidine groups is 1. The van der Waals surface area contributed by atoms with Crippen molar-refractivity contribution in [2.75, 3.05) is 30.8 Å². The van der Waals surface area contributed by atoms with Gasteiger partial charge in [-0.2, -0.15) is 0 Å². The van der Waals surface area contributed by atoms with Gasteiger partial charge in [-0.15, -0.1) is 0 Å². The van der Waals surface area contributed by atoms with Gasteiger partial charge in [0.25, 0.3) is 11.8 Å². The molecule has 0 spiro atoms. The van der Waals surface area contributed by atoms with Gasteiger partial charge in [0, 0.05) is 19.2 Å². The second-order valence-corrected chi connectivity index (χ2v) is 9.48. The molecule has 0 radical (unpaired) electrons. The van der Waals surface area contributed by atoms with Gasteiger partial charge in [-0.25, -0.2) is 9.37 Å². The lowest BCUT2D eigenvalue weighted by Gasteiger charge is -2.36. The minimum atomic E-state index is -0.773. The molecule has 1 heterocycles. The van der Waals surface area contributed by atoms with E-state index in [4.69, 9.17) is 27.5 Å². The lowest BCUT2D eigenvalue weighted by molar-refractivity contribution is -0.113. The van der Waals surface area contributed by atoms with Gasteiger partial charge in [-0.1, -0.05) is 30.2 Å². The molecular weight excluding hydrogens is 511 g/mol. The fraction of sp³-hybridized carbons (Fsp3) is 0.333. The Labute approximate surface area is 226 Å². The molecule has 0 aliphatic heterocycles. The smallest absolute Gasteiger partial charge is 0.262 e. The highest BCUT2D eigenvalue weighted by Crippen LogP contribution is 2.35. The molecule has 11 heteroatoms. The molecule has 1 aliphatic carbocycles. The van der Waals surface area contributed by atoms with Gasteiger partial charge >= 0.3 is 0 Å². The monoisotopic (exact) mass is 542 g/mol. The van der Waals surface area contributed by atoms with Crippen LogP contribution in [-0.4, -0.2) is 53.8 Å². The van der Waals surface area contributed by atoms with Crippen molar-refractivity contribution in [1.82, 2.24) is 9.88 Å². The van der Waals surface area contributed by atoms with E-state index in [0.29, 0.717) is 18.0 Å². The molecule has 2 amide bonds. The highest BCUT2D eigenvalue weighted by molar-refractivity contribution is 6.30. The number of carbonyl (C=O) groups excluding carboxylic acids is 2. The molecule has 0 bridgehead atoms. The first-order valence-electron chi connectivity index (χ1n) is 12.1. The predicted molar refractivity (Wildman–Crippen MR) is 147 cm³/mol. The van der Waals surface area contributed by atoms with Crippen LogP contribution in [0, 0.1) is 18.3 Å². The first kappa shape index (κ1) is 28.8. The SMILES string of the molecule is CC(=N)N(C)C1C=C(F)C(C(=O)Nc2ccc(C)cc2C(=O)Nc2ccc(Cl)cn2)=C(OCCCN)C1C. The summed E-state index contributed by atoms with van der Waals surface area (Å²) in [5, 5.41) is 13.7. The van der Waals surface area contributed by atoms with Crippen molar-refractivity contribution in [2.45, 2.75) is 33.2 Å². The van der Waals surface area contributed by atoms with Crippen LogP contribution in [0.15, 0.2) is 59.8 Å². The molecule has 0 fully saturated rings. The maximum atomic E-state index is 15.5. The molecule has 1 aromatic carbocycles. The third-order valence-electron chi connectivity index (χ3n) is 6.17. The van der Waals surface area contributed by atoms with Crippen molar-refractivity contribution >= 4 is 40.8 Å². The Kier molecular flexibility index (Phi) is 9.60. The minimum Gasteiger partial charge on any atom is -0.497 e. The van der Waals surface area contributed by atoms with Crippen molar-refractivity contribution in [3.8, 4) is 0 Å². The fourth-order valence-electron chi connectivity index (χ4n) is 4.01. The van der Waals surface area contributed by atoms with Gasteiger partial charge in [-0.3, -0.25) is 15.0 Å². The highest BCUT2D eigenvalue weighted by atomic mass is 35.5. The molecule has 2 aromatic rings. The Morgan fingerprint density at radius 1 is 1.24 bits per heavy atom. The van der Waals surface area contributed by atoms with Gasteiger partial charge in [0.1, 0.15) is 23.0 Å². The van der Waals surface area contributed by atoms with E-state index in [9.17, 15) is 9.59 Å². The van der Waals surface area contributed by atoms with Crippen LogP contribution in [0.5, 0.6) is 0 Å². The van der Waals surface area contributed by atoms with Crippen molar-refractivity contribution in [2.24, 2.45) is 11.7 Å². The third-order valence-corrected chi connectivity index (χ3v) is 6.40. The predicted octanol–water partition coefficient (Wildman–Crippen LogP) is 4.65. The largest absolute Gasteiger partial charge is 0.497 e. The summed E-state index contributed by atoms with van der Waals surface area (Å²) in [6.45, 7) is 5.79. The van der Waals surface area contributed by atoms with Crippen LogP contribution in [0.4, 0.5) is 15.9 Å². The van der Waals surface area contributed by atoms with Crippen LogP contribution >= 0.6 is 11.6 Å². The number of nitrogens with one attached hydrogen (secondary N) is 3. The number of hydrogen-bond donors (Lipinski definition) is 4. The molecule has 9 nitrogen and oxygen atoms in total. The number of aryl methyl sites for hydroxylation is 1. The number of nitrogens with two attached hydrogens (primary N) is 1. The summed E-state index contributed by atoms with van der Waals surface area (Å²) in [6, 6.07) is 7.54. The number of pyridine rings is 1. The standard InChI is InChI=1S/C27H32ClFN6O3/c1-15-6-8-21(19(12-15)26(36)34-23-9-7-18(28)14-32-23)33-27(37)24-20(29)13-22(35(4)17(3)31)16(2)25(24)38-11-5-10-30/h6-9,12-14,16,22,31H,5,10-11,30H2,1-4H3,(H,33,37)(H,32,34,36). The molecule has 1 aliphatic rings. The lowest BCUT2D eigenvalue weighted by Crippen LogP contribution is -2.42. The quantitative estimate of drug-likeness (QED) is 0.207. The molecule has 2 atom stereocenters. The van der Waals surface area contributed by atoms with Gasteiger partial charge in [0.15, 0.2) is 0 Å². The number of likely N-dealkylation sites (N-methyl/N-ethyl adjacent to an activating group) is 1. The number of hydrogen-bond acceptors (Lipinski definition) is 6. The van der Waals surface area contributed by atoms with E-state index >= 15 is 4.39 Å². The molecule has 38 heavy (non-hydrogen) atoms. The molecule has 1 aromatic heterocycles. The molecule has 2 unspecified atom stereocenters. The molecule has 5 N–H and O–H groups in total. The number of anilines is 2. The number of carbonyl (C=O) groups is 2. The Bertz CT molecular complexity index is 1280.